The number of benzene rings is 3. The topological polar surface area (TPSA) is 43.8 Å². The third kappa shape index (κ3) is 3.17. The van der Waals surface area contributed by atoms with E-state index >= 15 is 0 Å². The van der Waals surface area contributed by atoms with E-state index in [0.29, 0.717) is 6.54 Å². The summed E-state index contributed by atoms with van der Waals surface area (Å²) in [6, 6.07) is 31.7. The van der Waals surface area contributed by atoms with Gasteiger partial charge in [0.25, 0.3) is 0 Å². The standard InChI is InChI=1S/C25H23N3/c26-18-10-17-24-19-28(20-27-24)25(21-11-4-1-5-12-21,22-13-6-2-7-14-22)23-15-8-3-9-16-23/h1-17,19-20H,18,26H2. The summed E-state index contributed by atoms with van der Waals surface area (Å²) >= 11 is 0. The molecule has 0 spiro atoms. The molecule has 0 radical (unpaired) electrons. The average Bonchev–Trinajstić information content (AvgIpc) is 3.24. The van der Waals surface area contributed by atoms with E-state index in [0.717, 1.165) is 5.69 Å². The third-order valence-electron chi connectivity index (χ3n) is 4.99. The SMILES string of the molecule is NCC=Cc1cn(C(c2ccccc2)(c2ccccc2)c2ccccc2)cn1. The molecule has 0 aliphatic rings. The molecule has 4 aromatic rings. The van der Waals surface area contributed by atoms with Gasteiger partial charge in [0.2, 0.25) is 0 Å². The van der Waals surface area contributed by atoms with E-state index in [1.54, 1.807) is 0 Å². The Kier molecular flexibility index (Phi) is 5.18. The minimum absolute atomic E-state index is 0.494. The second-order valence-electron chi connectivity index (χ2n) is 6.65. The second-order valence-corrected chi connectivity index (χ2v) is 6.65. The summed E-state index contributed by atoms with van der Waals surface area (Å²) in [5.74, 6) is 0. The Morgan fingerprint density at radius 2 is 1.21 bits per heavy atom. The highest BCUT2D eigenvalue weighted by Crippen LogP contribution is 2.40. The fourth-order valence-corrected chi connectivity index (χ4v) is 3.78. The molecule has 138 valence electrons. The van der Waals surface area contributed by atoms with Crippen molar-refractivity contribution >= 4 is 6.08 Å². The monoisotopic (exact) mass is 365 g/mol. The van der Waals surface area contributed by atoms with Crippen LogP contribution in [0.2, 0.25) is 0 Å². The number of rotatable bonds is 6. The van der Waals surface area contributed by atoms with Crippen LogP contribution in [0.25, 0.3) is 6.08 Å². The van der Waals surface area contributed by atoms with E-state index in [2.05, 4.69) is 88.5 Å². The highest BCUT2D eigenvalue weighted by Gasteiger charge is 2.38. The summed E-state index contributed by atoms with van der Waals surface area (Å²) in [6.45, 7) is 0.494. The van der Waals surface area contributed by atoms with Crippen molar-refractivity contribution in [3.8, 4) is 0 Å². The molecular weight excluding hydrogens is 342 g/mol. The number of aromatic nitrogens is 2. The Labute approximate surface area is 165 Å². The molecule has 3 heteroatoms. The first-order chi connectivity index (χ1) is 13.9. The minimum atomic E-state index is -0.522. The summed E-state index contributed by atoms with van der Waals surface area (Å²) in [5, 5.41) is 0. The Balaban J connectivity index is 2.04. The van der Waals surface area contributed by atoms with Crippen LogP contribution in [0.3, 0.4) is 0 Å². The first kappa shape index (κ1) is 18.0. The zero-order chi connectivity index (χ0) is 19.2. The van der Waals surface area contributed by atoms with Gasteiger partial charge in [-0.2, -0.15) is 0 Å². The quantitative estimate of drug-likeness (QED) is 0.504. The van der Waals surface area contributed by atoms with Crippen LogP contribution in [0.15, 0.2) is 110 Å². The van der Waals surface area contributed by atoms with Crippen molar-refractivity contribution in [1.82, 2.24) is 9.55 Å². The largest absolute Gasteiger partial charge is 0.327 e. The second kappa shape index (κ2) is 8.07. The summed E-state index contributed by atoms with van der Waals surface area (Å²) in [7, 11) is 0. The summed E-state index contributed by atoms with van der Waals surface area (Å²) in [5.41, 5.74) is 9.52. The average molecular weight is 365 g/mol. The van der Waals surface area contributed by atoms with Crippen molar-refractivity contribution in [1.29, 1.82) is 0 Å². The first-order valence-corrected chi connectivity index (χ1v) is 9.43. The molecule has 0 saturated carbocycles. The lowest BCUT2D eigenvalue weighted by Gasteiger charge is -2.37. The van der Waals surface area contributed by atoms with Crippen molar-refractivity contribution < 1.29 is 0 Å². The van der Waals surface area contributed by atoms with Crippen LogP contribution in [0.5, 0.6) is 0 Å². The first-order valence-electron chi connectivity index (χ1n) is 9.43. The summed E-state index contributed by atoms with van der Waals surface area (Å²) in [4.78, 5) is 4.62. The van der Waals surface area contributed by atoms with Crippen LogP contribution >= 0.6 is 0 Å². The van der Waals surface area contributed by atoms with Crippen molar-refractivity contribution in [3.05, 3.63) is 132 Å². The Morgan fingerprint density at radius 3 is 1.64 bits per heavy atom. The molecular formula is C25H23N3. The lowest BCUT2D eigenvalue weighted by molar-refractivity contribution is 0.514. The lowest BCUT2D eigenvalue weighted by Crippen LogP contribution is -2.36. The molecule has 0 unspecified atom stereocenters. The molecule has 4 rings (SSSR count). The van der Waals surface area contributed by atoms with Crippen LogP contribution < -0.4 is 5.73 Å². The molecule has 2 N–H and O–H groups in total. The van der Waals surface area contributed by atoms with E-state index in [-0.39, 0.29) is 0 Å². The predicted molar refractivity (Wildman–Crippen MR) is 115 cm³/mol. The highest BCUT2D eigenvalue weighted by atomic mass is 15.1. The van der Waals surface area contributed by atoms with Crippen LogP contribution in [-0.2, 0) is 5.54 Å². The van der Waals surface area contributed by atoms with Crippen LogP contribution in [0.4, 0.5) is 0 Å². The molecule has 0 bridgehead atoms. The molecule has 3 aromatic carbocycles. The maximum Gasteiger partial charge on any atom is 0.121 e. The van der Waals surface area contributed by atoms with Gasteiger partial charge in [-0.15, -0.1) is 0 Å². The van der Waals surface area contributed by atoms with Gasteiger partial charge in [0.15, 0.2) is 0 Å². The number of nitrogens with zero attached hydrogens (tertiary/aromatic N) is 2. The Morgan fingerprint density at radius 1 is 0.750 bits per heavy atom. The predicted octanol–water partition coefficient (Wildman–Crippen LogP) is 4.70. The number of nitrogens with two attached hydrogens (primary N) is 1. The summed E-state index contributed by atoms with van der Waals surface area (Å²) in [6.07, 6.45) is 7.87. The molecule has 3 nitrogen and oxygen atoms in total. The van der Waals surface area contributed by atoms with Crippen LogP contribution in [0.1, 0.15) is 22.4 Å². The van der Waals surface area contributed by atoms with Gasteiger partial charge in [0.1, 0.15) is 5.54 Å². The smallest absolute Gasteiger partial charge is 0.121 e. The number of hydrogen-bond acceptors (Lipinski definition) is 2. The highest BCUT2D eigenvalue weighted by molar-refractivity contribution is 5.52. The molecule has 0 aliphatic carbocycles. The lowest BCUT2D eigenvalue weighted by atomic mass is 9.77. The van der Waals surface area contributed by atoms with Crippen molar-refractivity contribution in [2.24, 2.45) is 5.73 Å². The van der Waals surface area contributed by atoms with Crippen molar-refractivity contribution in [2.75, 3.05) is 6.54 Å². The number of hydrogen-bond donors (Lipinski definition) is 1. The maximum atomic E-state index is 5.62. The van der Waals surface area contributed by atoms with E-state index in [4.69, 9.17) is 5.73 Å². The van der Waals surface area contributed by atoms with Gasteiger partial charge in [-0.3, -0.25) is 0 Å². The van der Waals surface area contributed by atoms with Gasteiger partial charge >= 0.3 is 0 Å². The molecule has 1 aromatic heterocycles. The zero-order valence-corrected chi connectivity index (χ0v) is 15.6. The minimum Gasteiger partial charge on any atom is -0.327 e. The van der Waals surface area contributed by atoms with Crippen molar-refractivity contribution in [2.45, 2.75) is 5.54 Å². The number of imidazole rings is 1. The van der Waals surface area contributed by atoms with Gasteiger partial charge < -0.3 is 10.3 Å². The maximum absolute atomic E-state index is 5.62. The van der Waals surface area contributed by atoms with Gasteiger partial charge in [-0.1, -0.05) is 97.1 Å². The van der Waals surface area contributed by atoms with E-state index in [9.17, 15) is 0 Å². The molecule has 28 heavy (non-hydrogen) atoms. The molecule has 0 atom stereocenters. The van der Waals surface area contributed by atoms with Crippen molar-refractivity contribution in [3.63, 3.8) is 0 Å². The third-order valence-corrected chi connectivity index (χ3v) is 4.99. The van der Waals surface area contributed by atoms with Gasteiger partial charge in [0.05, 0.1) is 12.0 Å². The fourth-order valence-electron chi connectivity index (χ4n) is 3.78. The molecule has 0 fully saturated rings. The Bertz CT molecular complexity index is 938. The van der Waals surface area contributed by atoms with Crippen LogP contribution in [0, 0.1) is 0 Å². The van der Waals surface area contributed by atoms with E-state index < -0.39 is 5.54 Å². The molecule has 0 aliphatic heterocycles. The van der Waals surface area contributed by atoms with E-state index in [1.165, 1.54) is 16.7 Å². The fraction of sp³-hybridized carbons (Fsp3) is 0.0800. The van der Waals surface area contributed by atoms with Gasteiger partial charge in [0, 0.05) is 12.7 Å². The van der Waals surface area contributed by atoms with E-state index in [1.807, 2.05) is 36.7 Å². The zero-order valence-electron chi connectivity index (χ0n) is 15.6. The van der Waals surface area contributed by atoms with Gasteiger partial charge in [-0.25, -0.2) is 4.98 Å². The van der Waals surface area contributed by atoms with Gasteiger partial charge in [-0.05, 0) is 22.8 Å². The summed E-state index contributed by atoms with van der Waals surface area (Å²) < 4.78 is 2.20. The Hall–Kier alpha value is -3.43. The van der Waals surface area contributed by atoms with Crippen LogP contribution in [-0.4, -0.2) is 16.1 Å². The molecule has 0 saturated heterocycles. The molecule has 0 amide bonds. The normalized spacial score (nSPS) is 11.8. The molecule has 1 heterocycles.